The van der Waals surface area contributed by atoms with E-state index in [0.717, 1.165) is 11.3 Å². The maximum absolute atomic E-state index is 12.6. The van der Waals surface area contributed by atoms with Gasteiger partial charge in [0.15, 0.2) is 0 Å². The van der Waals surface area contributed by atoms with Crippen LogP contribution in [0.5, 0.6) is 0 Å². The van der Waals surface area contributed by atoms with Gasteiger partial charge in [-0.25, -0.2) is 8.42 Å². The third-order valence-corrected chi connectivity index (χ3v) is 7.88. The molecule has 1 fully saturated rings. The largest absolute Gasteiger partial charge is 0.481 e. The van der Waals surface area contributed by atoms with Gasteiger partial charge in [0.2, 0.25) is 9.84 Å². The number of carbonyl (C=O) groups is 2. The van der Waals surface area contributed by atoms with Gasteiger partial charge < -0.3 is 10.4 Å². The number of thiophene rings is 1. The third-order valence-electron chi connectivity index (χ3n) is 4.54. The maximum Gasteiger partial charge on any atom is 0.306 e. The highest BCUT2D eigenvalue weighted by molar-refractivity contribution is 7.93. The van der Waals surface area contributed by atoms with Crippen LogP contribution in [0.25, 0.3) is 0 Å². The Morgan fingerprint density at radius 3 is 2.27 bits per heavy atom. The van der Waals surface area contributed by atoms with Gasteiger partial charge in [0.05, 0.1) is 15.7 Å². The van der Waals surface area contributed by atoms with Gasteiger partial charge >= 0.3 is 5.97 Å². The molecule has 3 rings (SSSR count). The summed E-state index contributed by atoms with van der Waals surface area (Å²) in [5, 5.41) is 11.9. The van der Waals surface area contributed by atoms with Crippen molar-refractivity contribution in [1.29, 1.82) is 0 Å². The number of sulfone groups is 1. The van der Waals surface area contributed by atoms with Crippen molar-refractivity contribution in [3.05, 3.63) is 47.3 Å². The second-order valence-electron chi connectivity index (χ2n) is 6.30. The minimum atomic E-state index is -3.63. The van der Waals surface area contributed by atoms with Crippen LogP contribution >= 0.6 is 11.3 Å². The van der Waals surface area contributed by atoms with E-state index in [-0.39, 0.29) is 27.0 Å². The Morgan fingerprint density at radius 1 is 1.00 bits per heavy atom. The van der Waals surface area contributed by atoms with Crippen LogP contribution in [0, 0.1) is 5.92 Å². The van der Waals surface area contributed by atoms with Crippen LogP contribution < -0.4 is 5.32 Å². The summed E-state index contributed by atoms with van der Waals surface area (Å²) in [5.41, 5.74) is 0. The Bertz CT molecular complexity index is 897. The lowest BCUT2D eigenvalue weighted by molar-refractivity contribution is -0.142. The molecule has 0 spiro atoms. The van der Waals surface area contributed by atoms with Crippen LogP contribution in [-0.4, -0.2) is 31.4 Å². The number of amides is 1. The number of rotatable bonds is 5. The molecular weight excluding hydrogens is 374 g/mol. The molecule has 0 radical (unpaired) electrons. The second kappa shape index (κ2) is 7.59. The third kappa shape index (κ3) is 3.96. The Morgan fingerprint density at radius 2 is 1.65 bits per heavy atom. The number of hydrogen-bond donors (Lipinski definition) is 2. The normalized spacial score (nSPS) is 20.5. The van der Waals surface area contributed by atoms with Crippen molar-refractivity contribution in [2.75, 3.05) is 0 Å². The molecule has 8 heteroatoms. The first-order valence-corrected chi connectivity index (χ1v) is 10.6. The topological polar surface area (TPSA) is 101 Å². The van der Waals surface area contributed by atoms with Crippen molar-refractivity contribution in [1.82, 2.24) is 5.32 Å². The molecule has 1 aromatic carbocycles. The Kier molecular flexibility index (Phi) is 5.43. The standard InChI is InChI=1S/C18H19NO5S2/c20-17(19-13-8-6-12(7-9-13)18(21)22)15-10-11-16(25-15)26(23,24)14-4-2-1-3-5-14/h1-5,10-13H,6-9H2,(H,19,20)(H,21,22). The summed E-state index contributed by atoms with van der Waals surface area (Å²) >= 11 is 0.943. The predicted molar refractivity (Wildman–Crippen MR) is 97.1 cm³/mol. The number of nitrogens with one attached hydrogen (secondary N) is 1. The lowest BCUT2D eigenvalue weighted by Crippen LogP contribution is -2.38. The molecule has 0 unspecified atom stereocenters. The van der Waals surface area contributed by atoms with Gasteiger partial charge in [0.25, 0.3) is 5.91 Å². The molecule has 2 N–H and O–H groups in total. The summed E-state index contributed by atoms with van der Waals surface area (Å²) in [7, 11) is -3.63. The number of carboxylic acid groups (broad SMARTS) is 1. The molecule has 26 heavy (non-hydrogen) atoms. The fourth-order valence-corrected chi connectivity index (χ4v) is 5.68. The van der Waals surface area contributed by atoms with E-state index in [0.29, 0.717) is 30.6 Å². The highest BCUT2D eigenvalue weighted by Crippen LogP contribution is 2.29. The molecule has 1 saturated carbocycles. The lowest BCUT2D eigenvalue weighted by atomic mass is 9.86. The molecule has 2 aromatic rings. The van der Waals surface area contributed by atoms with Gasteiger partial charge in [0, 0.05) is 6.04 Å². The molecular formula is C18H19NO5S2. The summed E-state index contributed by atoms with van der Waals surface area (Å²) in [6.07, 6.45) is 2.31. The van der Waals surface area contributed by atoms with Crippen molar-refractivity contribution in [3.63, 3.8) is 0 Å². The summed E-state index contributed by atoms with van der Waals surface area (Å²) in [6, 6.07) is 11.0. The minimum absolute atomic E-state index is 0.0746. The highest BCUT2D eigenvalue weighted by atomic mass is 32.2. The summed E-state index contributed by atoms with van der Waals surface area (Å²) in [6.45, 7) is 0. The number of hydrogen-bond acceptors (Lipinski definition) is 5. The van der Waals surface area contributed by atoms with E-state index in [4.69, 9.17) is 5.11 Å². The van der Waals surface area contributed by atoms with Gasteiger partial charge in [0.1, 0.15) is 4.21 Å². The van der Waals surface area contributed by atoms with Crippen molar-refractivity contribution >= 4 is 33.1 Å². The Labute approximate surface area is 155 Å². The summed E-state index contributed by atoms with van der Waals surface area (Å²) in [5.74, 6) is -1.44. The maximum atomic E-state index is 12.6. The average molecular weight is 393 g/mol. The van der Waals surface area contributed by atoms with Gasteiger partial charge in [-0.3, -0.25) is 9.59 Å². The molecule has 138 valence electrons. The number of benzene rings is 1. The van der Waals surface area contributed by atoms with Crippen LogP contribution in [-0.2, 0) is 14.6 Å². The van der Waals surface area contributed by atoms with E-state index in [9.17, 15) is 18.0 Å². The molecule has 1 aliphatic rings. The number of carbonyl (C=O) groups excluding carboxylic acids is 1. The zero-order valence-electron chi connectivity index (χ0n) is 13.9. The van der Waals surface area contributed by atoms with E-state index in [1.165, 1.54) is 24.3 Å². The van der Waals surface area contributed by atoms with Gasteiger partial charge in [-0.15, -0.1) is 11.3 Å². The van der Waals surface area contributed by atoms with E-state index in [1.54, 1.807) is 18.2 Å². The van der Waals surface area contributed by atoms with Gasteiger partial charge in [-0.05, 0) is 49.9 Å². The van der Waals surface area contributed by atoms with Gasteiger partial charge in [-0.1, -0.05) is 18.2 Å². The first-order valence-electron chi connectivity index (χ1n) is 8.31. The zero-order valence-corrected chi connectivity index (χ0v) is 15.6. The molecule has 6 nitrogen and oxygen atoms in total. The van der Waals surface area contributed by atoms with Crippen LogP contribution in [0.1, 0.15) is 35.4 Å². The van der Waals surface area contributed by atoms with Crippen molar-refractivity contribution in [2.24, 2.45) is 5.92 Å². The second-order valence-corrected chi connectivity index (χ2v) is 9.56. The molecule has 0 bridgehead atoms. The first kappa shape index (κ1) is 18.6. The predicted octanol–water partition coefficient (Wildman–Crippen LogP) is 2.95. The van der Waals surface area contributed by atoms with Crippen LogP contribution in [0.4, 0.5) is 0 Å². The Hall–Kier alpha value is -2.19. The van der Waals surface area contributed by atoms with Crippen molar-refractivity contribution in [3.8, 4) is 0 Å². The quantitative estimate of drug-likeness (QED) is 0.813. The number of aliphatic carboxylic acids is 1. The summed E-state index contributed by atoms with van der Waals surface area (Å²) < 4.78 is 25.3. The molecule has 1 amide bonds. The van der Waals surface area contributed by atoms with E-state index in [2.05, 4.69) is 5.32 Å². The monoisotopic (exact) mass is 393 g/mol. The van der Waals surface area contributed by atoms with E-state index < -0.39 is 15.8 Å². The van der Waals surface area contributed by atoms with Crippen LogP contribution in [0.3, 0.4) is 0 Å². The highest BCUT2D eigenvalue weighted by Gasteiger charge is 2.28. The first-order chi connectivity index (χ1) is 12.4. The smallest absolute Gasteiger partial charge is 0.306 e. The Balaban J connectivity index is 1.67. The molecule has 1 heterocycles. The summed E-state index contributed by atoms with van der Waals surface area (Å²) in [4.78, 5) is 23.9. The van der Waals surface area contributed by atoms with Crippen molar-refractivity contribution < 1.29 is 23.1 Å². The fourth-order valence-electron chi connectivity index (χ4n) is 3.04. The lowest BCUT2D eigenvalue weighted by Gasteiger charge is -2.26. The molecule has 1 aliphatic carbocycles. The van der Waals surface area contributed by atoms with Gasteiger partial charge in [-0.2, -0.15) is 0 Å². The molecule has 0 atom stereocenters. The molecule has 1 aromatic heterocycles. The molecule has 0 saturated heterocycles. The van der Waals surface area contributed by atoms with Crippen molar-refractivity contribution in [2.45, 2.75) is 40.8 Å². The van der Waals surface area contributed by atoms with Crippen LogP contribution in [0.15, 0.2) is 51.6 Å². The minimum Gasteiger partial charge on any atom is -0.481 e. The zero-order chi connectivity index (χ0) is 18.7. The average Bonchev–Trinajstić information content (AvgIpc) is 3.14. The van der Waals surface area contributed by atoms with E-state index >= 15 is 0 Å². The molecule has 0 aliphatic heterocycles. The number of carboxylic acids is 1. The van der Waals surface area contributed by atoms with E-state index in [1.807, 2.05) is 0 Å². The SMILES string of the molecule is O=C(NC1CCC(C(=O)O)CC1)c1ccc(S(=O)(=O)c2ccccc2)s1. The van der Waals surface area contributed by atoms with Crippen LogP contribution in [0.2, 0.25) is 0 Å². The fraction of sp³-hybridized carbons (Fsp3) is 0.333.